The standard InChI is InChI=1S/C21H26N6O/c1-3-14(2)17-13-24-27-19(26-21(28)16-7-5-9-23-12-16)10-18(25-20(17)27)15-6-4-8-22-11-15/h5,7,9-10,12-15,22H,3-4,6,8,11H2,1-2H3,(H,26,28). The zero-order valence-electron chi connectivity index (χ0n) is 16.4. The number of fused-ring (bicyclic) bond motifs is 1. The molecule has 3 aromatic rings. The Morgan fingerprint density at radius 2 is 2.32 bits per heavy atom. The van der Waals surface area contributed by atoms with Crippen LogP contribution in [-0.4, -0.2) is 38.6 Å². The smallest absolute Gasteiger partial charge is 0.258 e. The van der Waals surface area contributed by atoms with Crippen molar-refractivity contribution in [3.63, 3.8) is 0 Å². The average molecular weight is 378 g/mol. The van der Waals surface area contributed by atoms with Gasteiger partial charge < -0.3 is 10.6 Å². The van der Waals surface area contributed by atoms with Crippen molar-refractivity contribution in [3.8, 4) is 0 Å². The summed E-state index contributed by atoms with van der Waals surface area (Å²) in [5.41, 5.74) is 3.47. The van der Waals surface area contributed by atoms with Gasteiger partial charge in [0, 0.05) is 36.5 Å². The Hall–Kier alpha value is -2.80. The van der Waals surface area contributed by atoms with Gasteiger partial charge in [0.1, 0.15) is 5.82 Å². The summed E-state index contributed by atoms with van der Waals surface area (Å²) >= 11 is 0. The minimum atomic E-state index is -0.200. The van der Waals surface area contributed by atoms with E-state index in [4.69, 9.17) is 4.98 Å². The zero-order valence-corrected chi connectivity index (χ0v) is 16.4. The number of piperidine rings is 1. The summed E-state index contributed by atoms with van der Waals surface area (Å²) in [4.78, 5) is 21.7. The molecule has 4 heterocycles. The van der Waals surface area contributed by atoms with Gasteiger partial charge in [0.05, 0.1) is 17.5 Å². The molecule has 4 rings (SSSR count). The lowest BCUT2D eigenvalue weighted by Crippen LogP contribution is -2.29. The van der Waals surface area contributed by atoms with Gasteiger partial charge in [0.25, 0.3) is 5.91 Å². The van der Waals surface area contributed by atoms with Crippen LogP contribution < -0.4 is 10.6 Å². The van der Waals surface area contributed by atoms with E-state index >= 15 is 0 Å². The van der Waals surface area contributed by atoms with E-state index in [9.17, 15) is 4.79 Å². The number of anilines is 1. The van der Waals surface area contributed by atoms with Gasteiger partial charge in [-0.05, 0) is 43.9 Å². The van der Waals surface area contributed by atoms with Crippen molar-refractivity contribution in [2.24, 2.45) is 0 Å². The van der Waals surface area contributed by atoms with Crippen LogP contribution >= 0.6 is 0 Å². The second kappa shape index (κ2) is 8.06. The van der Waals surface area contributed by atoms with Crippen LogP contribution in [-0.2, 0) is 0 Å². The molecular formula is C21H26N6O. The molecule has 2 atom stereocenters. The fraction of sp³-hybridized carbons (Fsp3) is 0.429. The zero-order chi connectivity index (χ0) is 19.5. The third-order valence-electron chi connectivity index (χ3n) is 5.54. The van der Waals surface area contributed by atoms with Crippen LogP contribution in [0.5, 0.6) is 0 Å². The van der Waals surface area contributed by atoms with E-state index in [0.717, 1.165) is 49.3 Å². The Morgan fingerprint density at radius 3 is 3.04 bits per heavy atom. The van der Waals surface area contributed by atoms with Crippen molar-refractivity contribution < 1.29 is 4.79 Å². The Bertz CT molecular complexity index is 962. The number of aromatic nitrogens is 4. The van der Waals surface area contributed by atoms with Crippen LogP contribution in [0.2, 0.25) is 0 Å². The van der Waals surface area contributed by atoms with Gasteiger partial charge in [-0.25, -0.2) is 4.98 Å². The summed E-state index contributed by atoms with van der Waals surface area (Å²) in [5.74, 6) is 1.14. The molecule has 2 unspecified atom stereocenters. The van der Waals surface area contributed by atoms with E-state index in [2.05, 4.69) is 34.6 Å². The Labute approximate surface area is 164 Å². The summed E-state index contributed by atoms with van der Waals surface area (Å²) in [6.07, 6.45) is 8.33. The molecule has 1 aliphatic heterocycles. The maximum absolute atomic E-state index is 12.7. The molecule has 0 aliphatic carbocycles. The fourth-order valence-electron chi connectivity index (χ4n) is 3.65. The van der Waals surface area contributed by atoms with Crippen molar-refractivity contribution in [1.82, 2.24) is 24.9 Å². The molecule has 2 N–H and O–H groups in total. The first-order valence-electron chi connectivity index (χ1n) is 9.98. The molecule has 146 valence electrons. The third kappa shape index (κ3) is 3.62. The normalized spacial score (nSPS) is 18.1. The number of rotatable bonds is 5. The molecule has 1 amide bonds. The van der Waals surface area contributed by atoms with E-state index in [1.54, 1.807) is 29.0 Å². The lowest BCUT2D eigenvalue weighted by Gasteiger charge is -2.23. The SMILES string of the molecule is CCC(C)c1cnn2c(NC(=O)c3cccnc3)cc(C3CCCNC3)nc12. The minimum absolute atomic E-state index is 0.200. The first-order valence-corrected chi connectivity index (χ1v) is 9.98. The van der Waals surface area contributed by atoms with Crippen LogP contribution in [0.25, 0.3) is 5.65 Å². The topological polar surface area (TPSA) is 84.2 Å². The molecule has 1 aliphatic rings. The number of carbonyl (C=O) groups excluding carboxylic acids is 1. The number of hydrogen-bond acceptors (Lipinski definition) is 5. The van der Waals surface area contributed by atoms with Crippen LogP contribution in [0.4, 0.5) is 5.82 Å². The predicted molar refractivity (Wildman–Crippen MR) is 109 cm³/mol. The fourth-order valence-corrected chi connectivity index (χ4v) is 3.65. The van der Waals surface area contributed by atoms with Crippen LogP contribution in [0, 0.1) is 0 Å². The number of carbonyl (C=O) groups is 1. The number of pyridine rings is 1. The summed E-state index contributed by atoms with van der Waals surface area (Å²) in [5, 5.41) is 11.0. The largest absolute Gasteiger partial charge is 0.316 e. The van der Waals surface area contributed by atoms with Gasteiger partial charge in [-0.1, -0.05) is 13.8 Å². The number of hydrogen-bond donors (Lipinski definition) is 2. The predicted octanol–water partition coefficient (Wildman–Crippen LogP) is 3.36. The quantitative estimate of drug-likeness (QED) is 0.711. The first kappa shape index (κ1) is 18.6. The van der Waals surface area contributed by atoms with Crippen molar-refractivity contribution in [1.29, 1.82) is 0 Å². The highest BCUT2D eigenvalue weighted by atomic mass is 16.1. The first-order chi connectivity index (χ1) is 13.7. The van der Waals surface area contributed by atoms with Crippen LogP contribution in [0.1, 0.15) is 66.6 Å². The van der Waals surface area contributed by atoms with Crippen LogP contribution in [0.3, 0.4) is 0 Å². The molecule has 7 nitrogen and oxygen atoms in total. The molecule has 0 radical (unpaired) electrons. The van der Waals surface area contributed by atoms with Crippen molar-refractivity contribution >= 4 is 17.4 Å². The highest BCUT2D eigenvalue weighted by Gasteiger charge is 2.22. The van der Waals surface area contributed by atoms with E-state index < -0.39 is 0 Å². The molecule has 0 bridgehead atoms. The second-order valence-electron chi connectivity index (χ2n) is 7.45. The number of nitrogens with one attached hydrogen (secondary N) is 2. The third-order valence-corrected chi connectivity index (χ3v) is 5.54. The highest BCUT2D eigenvalue weighted by molar-refractivity contribution is 6.03. The second-order valence-corrected chi connectivity index (χ2v) is 7.45. The molecular weight excluding hydrogens is 352 g/mol. The molecule has 0 saturated carbocycles. The molecule has 3 aromatic heterocycles. The lowest BCUT2D eigenvalue weighted by molar-refractivity contribution is 0.102. The van der Waals surface area contributed by atoms with Crippen LogP contribution in [0.15, 0.2) is 36.8 Å². The maximum atomic E-state index is 12.7. The van der Waals surface area contributed by atoms with E-state index in [-0.39, 0.29) is 5.91 Å². The Balaban J connectivity index is 1.77. The van der Waals surface area contributed by atoms with Gasteiger partial charge in [0.2, 0.25) is 0 Å². The Kier molecular flexibility index (Phi) is 5.34. The van der Waals surface area contributed by atoms with Gasteiger partial charge in [0.15, 0.2) is 5.65 Å². The molecule has 28 heavy (non-hydrogen) atoms. The minimum Gasteiger partial charge on any atom is -0.316 e. The van der Waals surface area contributed by atoms with Gasteiger partial charge in [-0.3, -0.25) is 9.78 Å². The lowest BCUT2D eigenvalue weighted by atomic mass is 9.95. The van der Waals surface area contributed by atoms with E-state index in [1.807, 2.05) is 12.3 Å². The van der Waals surface area contributed by atoms with E-state index in [1.165, 1.54) is 0 Å². The molecule has 1 fully saturated rings. The number of amides is 1. The highest BCUT2D eigenvalue weighted by Crippen LogP contribution is 2.29. The van der Waals surface area contributed by atoms with Crippen molar-refractivity contribution in [2.45, 2.75) is 44.9 Å². The monoisotopic (exact) mass is 378 g/mol. The number of nitrogens with zero attached hydrogens (tertiary/aromatic N) is 4. The molecule has 1 saturated heterocycles. The molecule has 0 aromatic carbocycles. The summed E-state index contributed by atoms with van der Waals surface area (Å²) in [6.45, 7) is 6.30. The molecule has 0 spiro atoms. The molecule has 7 heteroatoms. The van der Waals surface area contributed by atoms with E-state index in [0.29, 0.717) is 23.2 Å². The van der Waals surface area contributed by atoms with Crippen molar-refractivity contribution in [3.05, 3.63) is 53.6 Å². The van der Waals surface area contributed by atoms with Crippen molar-refractivity contribution in [2.75, 3.05) is 18.4 Å². The van der Waals surface area contributed by atoms with Gasteiger partial charge in [-0.2, -0.15) is 9.61 Å². The summed E-state index contributed by atoms with van der Waals surface area (Å²) < 4.78 is 1.75. The Morgan fingerprint density at radius 1 is 1.43 bits per heavy atom. The summed E-state index contributed by atoms with van der Waals surface area (Å²) in [6, 6.07) is 5.47. The summed E-state index contributed by atoms with van der Waals surface area (Å²) in [7, 11) is 0. The average Bonchev–Trinajstić information content (AvgIpc) is 3.18. The van der Waals surface area contributed by atoms with Gasteiger partial charge in [-0.15, -0.1) is 0 Å². The maximum Gasteiger partial charge on any atom is 0.258 e. The van der Waals surface area contributed by atoms with Gasteiger partial charge >= 0.3 is 0 Å².